The number of fused-ring (bicyclic) bond motifs is 1. The molecule has 3 aromatic heterocycles. The maximum Gasteiger partial charge on any atom is 0.223 e. The highest BCUT2D eigenvalue weighted by Gasteiger charge is 2.11. The van der Waals surface area contributed by atoms with E-state index in [9.17, 15) is 4.79 Å². The number of carbonyl (C=O) groups excluding carboxylic acids is 1. The van der Waals surface area contributed by atoms with Crippen LogP contribution < -0.4 is 10.2 Å². The topological polar surface area (TPSA) is 75.4 Å². The Hall–Kier alpha value is -3.26. The number of anilines is 3. The minimum Gasteiger partial charge on any atom is -0.339 e. The van der Waals surface area contributed by atoms with Crippen LogP contribution >= 0.6 is 11.3 Å². The van der Waals surface area contributed by atoms with Crippen molar-refractivity contribution < 1.29 is 4.79 Å². The molecule has 1 aromatic carbocycles. The number of benzene rings is 1. The Morgan fingerprint density at radius 3 is 2.85 bits per heavy atom. The number of carbonyl (C=O) groups is 1. The molecule has 0 aliphatic rings. The van der Waals surface area contributed by atoms with Crippen LogP contribution in [-0.4, -0.2) is 32.8 Å². The maximum absolute atomic E-state index is 11.6. The summed E-state index contributed by atoms with van der Waals surface area (Å²) in [5.41, 5.74) is 3.32. The van der Waals surface area contributed by atoms with Gasteiger partial charge in [-0.3, -0.25) is 4.79 Å². The first-order valence-electron chi connectivity index (χ1n) is 7.98. The van der Waals surface area contributed by atoms with E-state index >= 15 is 0 Å². The highest BCUT2D eigenvalue weighted by Crippen LogP contribution is 2.23. The zero-order chi connectivity index (χ0) is 18.1. The number of hydrogen-bond donors (Lipinski definition) is 1. The van der Waals surface area contributed by atoms with Gasteiger partial charge >= 0.3 is 0 Å². The van der Waals surface area contributed by atoms with Crippen LogP contribution in [0.4, 0.5) is 17.2 Å². The van der Waals surface area contributed by atoms with Gasteiger partial charge in [0.1, 0.15) is 0 Å². The minimum atomic E-state index is -0.0217. The molecule has 0 bridgehead atoms. The zero-order valence-corrected chi connectivity index (χ0v) is 15.1. The number of aromatic nitrogens is 4. The first-order chi connectivity index (χ1) is 12.6. The predicted octanol–water partition coefficient (Wildman–Crippen LogP) is 3.58. The third-order valence-electron chi connectivity index (χ3n) is 4.02. The van der Waals surface area contributed by atoms with E-state index in [4.69, 9.17) is 0 Å². The number of nitrogens with one attached hydrogen (secondary N) is 1. The Balaban J connectivity index is 1.67. The summed E-state index contributed by atoms with van der Waals surface area (Å²) in [5.74, 6) is 1.35. The van der Waals surface area contributed by atoms with Crippen LogP contribution in [0.5, 0.6) is 0 Å². The molecule has 130 valence electrons. The molecule has 1 amide bonds. The third kappa shape index (κ3) is 3.02. The van der Waals surface area contributed by atoms with E-state index in [0.29, 0.717) is 17.3 Å². The van der Waals surface area contributed by atoms with E-state index in [0.717, 1.165) is 16.9 Å². The fourth-order valence-corrected chi connectivity index (χ4v) is 3.18. The molecular formula is C18H16N6OS. The molecular weight excluding hydrogens is 348 g/mol. The van der Waals surface area contributed by atoms with E-state index in [-0.39, 0.29) is 5.91 Å². The lowest BCUT2D eigenvalue weighted by molar-refractivity contribution is -0.116. The van der Waals surface area contributed by atoms with Gasteiger partial charge in [0.25, 0.3) is 0 Å². The fraction of sp³-hybridized carbons (Fsp3) is 0.111. The third-order valence-corrected chi connectivity index (χ3v) is 4.70. The van der Waals surface area contributed by atoms with E-state index in [1.807, 2.05) is 53.2 Å². The SMILES string of the molecule is CC(=O)N(C)c1cccc(Nc2ccc3nnc(-c4ccsc4)n3n2)c1. The van der Waals surface area contributed by atoms with Gasteiger partial charge in [0, 0.05) is 36.3 Å². The van der Waals surface area contributed by atoms with Crippen molar-refractivity contribution in [1.82, 2.24) is 19.8 Å². The van der Waals surface area contributed by atoms with Crippen LogP contribution in [0, 0.1) is 0 Å². The largest absolute Gasteiger partial charge is 0.339 e. The normalized spacial score (nSPS) is 10.8. The first-order valence-corrected chi connectivity index (χ1v) is 8.92. The molecule has 0 saturated carbocycles. The summed E-state index contributed by atoms with van der Waals surface area (Å²) in [4.78, 5) is 13.2. The Bertz CT molecular complexity index is 1070. The summed E-state index contributed by atoms with van der Waals surface area (Å²) in [5, 5.41) is 20.3. The van der Waals surface area contributed by atoms with Crippen molar-refractivity contribution in [3.63, 3.8) is 0 Å². The van der Waals surface area contributed by atoms with Crippen molar-refractivity contribution >= 4 is 40.1 Å². The van der Waals surface area contributed by atoms with E-state index in [1.54, 1.807) is 27.8 Å². The van der Waals surface area contributed by atoms with Crippen LogP contribution in [-0.2, 0) is 4.79 Å². The molecule has 1 N–H and O–H groups in total. The lowest BCUT2D eigenvalue weighted by Crippen LogP contribution is -2.22. The van der Waals surface area contributed by atoms with Gasteiger partial charge in [0.15, 0.2) is 17.3 Å². The van der Waals surface area contributed by atoms with Crippen LogP contribution in [0.15, 0.2) is 53.2 Å². The summed E-state index contributed by atoms with van der Waals surface area (Å²) in [6.07, 6.45) is 0. The second-order valence-corrected chi connectivity index (χ2v) is 6.56. The molecule has 4 aromatic rings. The summed E-state index contributed by atoms with van der Waals surface area (Å²) < 4.78 is 1.72. The highest BCUT2D eigenvalue weighted by atomic mass is 32.1. The Morgan fingerprint density at radius 1 is 1.19 bits per heavy atom. The number of hydrogen-bond acceptors (Lipinski definition) is 6. The molecule has 3 heterocycles. The molecule has 4 rings (SSSR count). The summed E-state index contributed by atoms with van der Waals surface area (Å²) in [6, 6.07) is 13.3. The van der Waals surface area contributed by atoms with Crippen molar-refractivity contribution in [3.8, 4) is 11.4 Å². The van der Waals surface area contributed by atoms with Gasteiger partial charge in [-0.25, -0.2) is 0 Å². The Labute approximate surface area is 153 Å². The van der Waals surface area contributed by atoms with Crippen molar-refractivity contribution in [2.75, 3.05) is 17.3 Å². The van der Waals surface area contributed by atoms with E-state index in [2.05, 4.69) is 20.6 Å². The van der Waals surface area contributed by atoms with Crippen LogP contribution in [0.25, 0.3) is 17.0 Å². The molecule has 0 atom stereocenters. The number of amides is 1. The standard InChI is InChI=1S/C18H16N6OS/c1-12(25)23(2)15-5-3-4-14(10-15)19-16-6-7-17-20-21-18(24(17)22-16)13-8-9-26-11-13/h3-11H,1-2H3,(H,19,22). The predicted molar refractivity (Wildman–Crippen MR) is 103 cm³/mol. The van der Waals surface area contributed by atoms with Crippen LogP contribution in [0.3, 0.4) is 0 Å². The molecule has 0 radical (unpaired) electrons. The van der Waals surface area contributed by atoms with Crippen molar-refractivity contribution in [3.05, 3.63) is 53.2 Å². The monoisotopic (exact) mass is 364 g/mol. The molecule has 8 heteroatoms. The molecule has 0 aliphatic carbocycles. The van der Waals surface area contributed by atoms with Gasteiger partial charge in [-0.1, -0.05) is 6.07 Å². The molecule has 0 saturated heterocycles. The molecule has 26 heavy (non-hydrogen) atoms. The van der Waals surface area contributed by atoms with Gasteiger partial charge in [0.05, 0.1) is 0 Å². The number of rotatable bonds is 4. The molecule has 0 fully saturated rings. The van der Waals surface area contributed by atoms with E-state index in [1.165, 1.54) is 6.92 Å². The zero-order valence-electron chi connectivity index (χ0n) is 14.2. The average Bonchev–Trinajstić information content (AvgIpc) is 3.30. The van der Waals surface area contributed by atoms with Crippen LogP contribution in [0.1, 0.15) is 6.92 Å². The van der Waals surface area contributed by atoms with Gasteiger partial charge in [0.2, 0.25) is 5.91 Å². The highest BCUT2D eigenvalue weighted by molar-refractivity contribution is 7.08. The molecule has 0 aliphatic heterocycles. The summed E-state index contributed by atoms with van der Waals surface area (Å²) in [6.45, 7) is 1.54. The van der Waals surface area contributed by atoms with Crippen LogP contribution in [0.2, 0.25) is 0 Å². The Kier molecular flexibility index (Phi) is 4.10. The number of nitrogens with zero attached hydrogens (tertiary/aromatic N) is 5. The van der Waals surface area contributed by atoms with E-state index < -0.39 is 0 Å². The molecule has 0 unspecified atom stereocenters. The second kappa shape index (κ2) is 6.57. The number of thiophene rings is 1. The molecule has 0 spiro atoms. The van der Waals surface area contributed by atoms with Crippen molar-refractivity contribution in [2.24, 2.45) is 0 Å². The maximum atomic E-state index is 11.6. The Morgan fingerprint density at radius 2 is 2.08 bits per heavy atom. The van der Waals surface area contributed by atoms with Crippen molar-refractivity contribution in [1.29, 1.82) is 0 Å². The minimum absolute atomic E-state index is 0.0217. The smallest absolute Gasteiger partial charge is 0.223 e. The second-order valence-electron chi connectivity index (χ2n) is 5.78. The van der Waals surface area contributed by atoms with Gasteiger partial charge in [-0.2, -0.15) is 15.9 Å². The quantitative estimate of drug-likeness (QED) is 0.599. The summed E-state index contributed by atoms with van der Waals surface area (Å²) in [7, 11) is 1.75. The first kappa shape index (κ1) is 16.2. The lowest BCUT2D eigenvalue weighted by Gasteiger charge is -2.16. The van der Waals surface area contributed by atoms with Gasteiger partial charge < -0.3 is 10.2 Å². The molecule has 7 nitrogen and oxygen atoms in total. The van der Waals surface area contributed by atoms with Gasteiger partial charge in [-0.15, -0.1) is 15.3 Å². The van der Waals surface area contributed by atoms with Gasteiger partial charge in [-0.05, 0) is 41.8 Å². The average molecular weight is 364 g/mol. The van der Waals surface area contributed by atoms with Crippen molar-refractivity contribution in [2.45, 2.75) is 6.92 Å². The fourth-order valence-electron chi connectivity index (χ4n) is 2.55. The lowest BCUT2D eigenvalue weighted by atomic mass is 10.2. The summed E-state index contributed by atoms with van der Waals surface area (Å²) >= 11 is 1.60.